The topological polar surface area (TPSA) is 89.0 Å². The van der Waals surface area contributed by atoms with E-state index in [-0.39, 0.29) is 5.56 Å². The van der Waals surface area contributed by atoms with E-state index in [4.69, 9.17) is 4.74 Å². The number of nitrogens with one attached hydrogen (secondary N) is 2. The van der Waals surface area contributed by atoms with Gasteiger partial charge in [-0.25, -0.2) is 4.98 Å². The highest BCUT2D eigenvalue weighted by Gasteiger charge is 2.23. The Morgan fingerprint density at radius 1 is 1.32 bits per heavy atom. The van der Waals surface area contributed by atoms with Gasteiger partial charge in [0.1, 0.15) is 23.2 Å². The van der Waals surface area contributed by atoms with E-state index < -0.39 is 17.5 Å². The van der Waals surface area contributed by atoms with Crippen LogP contribution in [0.25, 0.3) is 0 Å². The van der Waals surface area contributed by atoms with Crippen molar-refractivity contribution in [2.75, 3.05) is 7.11 Å². The molecule has 1 amide bonds. The van der Waals surface area contributed by atoms with E-state index in [1.807, 2.05) is 35.9 Å². The third-order valence-corrected chi connectivity index (χ3v) is 3.88. The molecule has 2 N–H and O–H groups in total. The number of H-pyrrole nitrogens is 1. The highest BCUT2D eigenvalue weighted by atomic mass is 16.5. The van der Waals surface area contributed by atoms with Crippen molar-refractivity contribution in [1.82, 2.24) is 19.9 Å². The molecule has 0 radical (unpaired) electrons. The SMILES string of the molecule is COc1cccc([C@H](NC(=O)c2ccc[nH]c2=O)c2nccn2C)c1. The summed E-state index contributed by atoms with van der Waals surface area (Å²) < 4.78 is 7.09. The van der Waals surface area contributed by atoms with E-state index in [1.54, 1.807) is 25.6 Å². The zero-order valence-electron chi connectivity index (χ0n) is 13.9. The van der Waals surface area contributed by atoms with E-state index in [2.05, 4.69) is 15.3 Å². The predicted molar refractivity (Wildman–Crippen MR) is 92.6 cm³/mol. The average Bonchev–Trinajstić information content (AvgIpc) is 3.05. The number of carbonyl (C=O) groups excluding carboxylic acids is 1. The largest absolute Gasteiger partial charge is 0.497 e. The number of methoxy groups -OCH3 is 1. The minimum atomic E-state index is -0.526. The molecular formula is C18H18N4O3. The molecule has 128 valence electrons. The van der Waals surface area contributed by atoms with Crippen LogP contribution >= 0.6 is 0 Å². The van der Waals surface area contributed by atoms with Gasteiger partial charge in [-0.15, -0.1) is 0 Å². The zero-order chi connectivity index (χ0) is 17.8. The van der Waals surface area contributed by atoms with Crippen LogP contribution in [0.4, 0.5) is 0 Å². The molecule has 0 aliphatic heterocycles. The fourth-order valence-electron chi connectivity index (χ4n) is 2.58. The van der Waals surface area contributed by atoms with Gasteiger partial charge in [0.15, 0.2) is 0 Å². The molecule has 7 nitrogen and oxygen atoms in total. The summed E-state index contributed by atoms with van der Waals surface area (Å²) in [5, 5.41) is 2.89. The summed E-state index contributed by atoms with van der Waals surface area (Å²) in [7, 11) is 3.42. The Kier molecular flexibility index (Phi) is 4.65. The van der Waals surface area contributed by atoms with Gasteiger partial charge >= 0.3 is 0 Å². The fourth-order valence-corrected chi connectivity index (χ4v) is 2.58. The minimum absolute atomic E-state index is 0.0459. The van der Waals surface area contributed by atoms with Crippen LogP contribution in [0.2, 0.25) is 0 Å². The third kappa shape index (κ3) is 3.45. The summed E-state index contributed by atoms with van der Waals surface area (Å²) in [5.41, 5.74) is 0.406. The number of benzene rings is 1. The van der Waals surface area contributed by atoms with Crippen LogP contribution in [0, 0.1) is 0 Å². The molecule has 0 fully saturated rings. The molecular weight excluding hydrogens is 320 g/mol. The molecule has 0 aliphatic rings. The van der Waals surface area contributed by atoms with E-state index in [0.717, 1.165) is 5.56 Å². The Morgan fingerprint density at radius 2 is 2.16 bits per heavy atom. The molecule has 1 aromatic carbocycles. The van der Waals surface area contributed by atoms with Crippen molar-refractivity contribution in [1.29, 1.82) is 0 Å². The summed E-state index contributed by atoms with van der Waals surface area (Å²) >= 11 is 0. The molecule has 0 unspecified atom stereocenters. The Morgan fingerprint density at radius 3 is 2.84 bits per heavy atom. The average molecular weight is 338 g/mol. The molecule has 0 bridgehead atoms. The summed E-state index contributed by atoms with van der Waals surface area (Å²) in [6, 6.07) is 9.93. The number of nitrogens with zero attached hydrogens (tertiary/aromatic N) is 2. The number of carbonyl (C=O) groups is 1. The second kappa shape index (κ2) is 7.04. The van der Waals surface area contributed by atoms with Gasteiger partial charge in [0.05, 0.1) is 7.11 Å². The molecule has 25 heavy (non-hydrogen) atoms. The highest BCUT2D eigenvalue weighted by molar-refractivity contribution is 5.94. The summed E-state index contributed by atoms with van der Waals surface area (Å²) in [6.07, 6.45) is 4.94. The lowest BCUT2D eigenvalue weighted by Crippen LogP contribution is -2.34. The Labute approximate surface area is 144 Å². The number of imidazole rings is 1. The van der Waals surface area contributed by atoms with Gasteiger partial charge < -0.3 is 19.6 Å². The van der Waals surface area contributed by atoms with Crippen molar-refractivity contribution in [3.05, 3.63) is 82.3 Å². The summed E-state index contributed by atoms with van der Waals surface area (Å²) in [5.74, 6) is 0.843. The molecule has 0 saturated carbocycles. The number of amides is 1. The maximum Gasteiger partial charge on any atom is 0.260 e. The quantitative estimate of drug-likeness (QED) is 0.740. The van der Waals surface area contributed by atoms with Crippen LogP contribution < -0.4 is 15.6 Å². The van der Waals surface area contributed by atoms with Gasteiger partial charge in [-0.2, -0.15) is 0 Å². The zero-order valence-corrected chi connectivity index (χ0v) is 13.9. The normalized spacial score (nSPS) is 11.8. The fraction of sp³-hybridized carbons (Fsp3) is 0.167. The van der Waals surface area contributed by atoms with E-state index >= 15 is 0 Å². The first kappa shape index (κ1) is 16.5. The Balaban J connectivity index is 2.00. The van der Waals surface area contributed by atoms with Crippen LogP contribution in [0.15, 0.2) is 59.8 Å². The van der Waals surface area contributed by atoms with Gasteiger partial charge in [0.2, 0.25) is 0 Å². The number of hydrogen-bond acceptors (Lipinski definition) is 4. The number of pyridine rings is 1. The summed E-state index contributed by atoms with van der Waals surface area (Å²) in [4.78, 5) is 31.3. The van der Waals surface area contributed by atoms with Crippen LogP contribution in [-0.2, 0) is 7.05 Å². The van der Waals surface area contributed by atoms with Crippen molar-refractivity contribution >= 4 is 5.91 Å². The van der Waals surface area contributed by atoms with Crippen molar-refractivity contribution in [2.45, 2.75) is 6.04 Å². The lowest BCUT2D eigenvalue weighted by Gasteiger charge is -2.19. The van der Waals surface area contributed by atoms with Crippen molar-refractivity contribution < 1.29 is 9.53 Å². The monoisotopic (exact) mass is 338 g/mol. The van der Waals surface area contributed by atoms with Gasteiger partial charge in [-0.3, -0.25) is 9.59 Å². The second-order valence-electron chi connectivity index (χ2n) is 5.49. The number of ether oxygens (including phenoxy) is 1. The first-order chi connectivity index (χ1) is 12.1. The molecule has 3 aromatic rings. The maximum absolute atomic E-state index is 12.6. The van der Waals surface area contributed by atoms with E-state index in [1.165, 1.54) is 12.3 Å². The molecule has 0 saturated heterocycles. The number of rotatable bonds is 5. The lowest BCUT2D eigenvalue weighted by atomic mass is 10.0. The minimum Gasteiger partial charge on any atom is -0.497 e. The maximum atomic E-state index is 12.6. The molecule has 0 aliphatic carbocycles. The van der Waals surface area contributed by atoms with Crippen molar-refractivity contribution in [3.8, 4) is 5.75 Å². The molecule has 0 spiro atoms. The van der Waals surface area contributed by atoms with E-state index in [0.29, 0.717) is 11.6 Å². The first-order valence-corrected chi connectivity index (χ1v) is 7.70. The molecule has 2 aromatic heterocycles. The highest BCUT2D eigenvalue weighted by Crippen LogP contribution is 2.24. The van der Waals surface area contributed by atoms with Crippen LogP contribution in [0.3, 0.4) is 0 Å². The number of hydrogen-bond donors (Lipinski definition) is 2. The lowest BCUT2D eigenvalue weighted by molar-refractivity contribution is 0.0939. The van der Waals surface area contributed by atoms with Crippen molar-refractivity contribution in [3.63, 3.8) is 0 Å². The standard InChI is InChI=1S/C18H18N4O3/c1-22-10-9-19-16(22)15(12-5-3-6-13(11-12)25-2)21-18(24)14-7-4-8-20-17(14)23/h3-11,15H,1-2H3,(H,20,23)(H,21,24)/t15-/m0/s1. The van der Waals surface area contributed by atoms with Crippen LogP contribution in [0.1, 0.15) is 27.8 Å². The molecule has 3 rings (SSSR count). The number of aromatic amines is 1. The molecule has 1 atom stereocenters. The van der Waals surface area contributed by atoms with Gasteiger partial charge in [-0.1, -0.05) is 12.1 Å². The van der Waals surface area contributed by atoms with Gasteiger partial charge in [0, 0.05) is 25.6 Å². The predicted octanol–water partition coefficient (Wildman–Crippen LogP) is 1.64. The Bertz CT molecular complexity index is 945. The molecule has 2 heterocycles. The van der Waals surface area contributed by atoms with Crippen LogP contribution in [-0.4, -0.2) is 27.6 Å². The number of aromatic nitrogens is 3. The second-order valence-corrected chi connectivity index (χ2v) is 5.49. The molecule has 7 heteroatoms. The summed E-state index contributed by atoms with van der Waals surface area (Å²) in [6.45, 7) is 0. The first-order valence-electron chi connectivity index (χ1n) is 7.70. The van der Waals surface area contributed by atoms with E-state index in [9.17, 15) is 9.59 Å². The number of aryl methyl sites for hydroxylation is 1. The smallest absolute Gasteiger partial charge is 0.260 e. The third-order valence-electron chi connectivity index (χ3n) is 3.88. The van der Waals surface area contributed by atoms with Gasteiger partial charge in [0.25, 0.3) is 11.5 Å². The Hall–Kier alpha value is -3.35. The van der Waals surface area contributed by atoms with Crippen molar-refractivity contribution in [2.24, 2.45) is 7.05 Å². The van der Waals surface area contributed by atoms with Gasteiger partial charge in [-0.05, 0) is 29.8 Å². The van der Waals surface area contributed by atoms with Crippen LogP contribution in [0.5, 0.6) is 5.75 Å².